The Morgan fingerprint density at radius 1 is 1.26 bits per heavy atom. The van der Waals surface area contributed by atoms with Gasteiger partial charge < -0.3 is 29.4 Å². The first-order valence-electron chi connectivity index (χ1n) is 7.84. The number of nitrogens with zero attached hydrogens (tertiary/aromatic N) is 2. The minimum Gasteiger partial charge on any atom is -0.384 e. The number of aromatic amines is 1. The molecular formula is C11H16N3O14P3. The first kappa shape index (κ1) is 25.8. The fourth-order valence-electron chi connectivity index (χ4n) is 2.75. The Bertz CT molecular complexity index is 1150. The van der Waals surface area contributed by atoms with Crippen molar-refractivity contribution in [2.24, 2.45) is 0 Å². The summed E-state index contributed by atoms with van der Waals surface area (Å²) in [6.45, 7) is 0.139. The molecule has 0 aliphatic carbocycles. The molecule has 1 aliphatic heterocycles. The predicted octanol–water partition coefficient (Wildman–Crippen LogP) is -1.40. The van der Waals surface area contributed by atoms with Crippen molar-refractivity contribution in [3.8, 4) is 6.07 Å². The molecule has 2 heterocycles. The van der Waals surface area contributed by atoms with Crippen molar-refractivity contribution in [1.29, 1.82) is 5.26 Å². The third-order valence-corrected chi connectivity index (χ3v) is 7.65. The fraction of sp³-hybridized carbons (Fsp3) is 0.545. The standard InChI is InChI=1S/C11H16N3O14P3/c1-10(17)4-7(5-25-30(21,22)28-31(23,24)27-29(18,19)20)26-11(10,6-12)14-3-2-8(15)13-9(14)16/h2-3,7,17H,4-5H2,1H3,(H,21,22)(H,23,24)(H,13,15,16)(H2,18,19,20)/t7-,10+,11+/m0/s1. The molecule has 174 valence electrons. The Morgan fingerprint density at radius 2 is 1.87 bits per heavy atom. The lowest BCUT2D eigenvalue weighted by molar-refractivity contribution is -0.145. The van der Waals surface area contributed by atoms with E-state index in [4.69, 9.17) is 19.4 Å². The number of aliphatic hydroxyl groups is 1. The van der Waals surface area contributed by atoms with Gasteiger partial charge in [0.2, 0.25) is 0 Å². The normalized spacial score (nSPS) is 30.3. The van der Waals surface area contributed by atoms with E-state index in [2.05, 4.69) is 13.1 Å². The summed E-state index contributed by atoms with van der Waals surface area (Å²) < 4.78 is 51.2. The smallest absolute Gasteiger partial charge is 0.384 e. The van der Waals surface area contributed by atoms with Crippen LogP contribution in [-0.2, 0) is 37.3 Å². The lowest BCUT2D eigenvalue weighted by Crippen LogP contribution is -2.54. The summed E-state index contributed by atoms with van der Waals surface area (Å²) in [6, 6.07) is 2.47. The molecule has 0 bridgehead atoms. The van der Waals surface area contributed by atoms with E-state index in [1.165, 1.54) is 0 Å². The number of aromatic nitrogens is 2. The molecule has 2 unspecified atom stereocenters. The highest BCUT2D eigenvalue weighted by Gasteiger charge is 2.59. The van der Waals surface area contributed by atoms with Gasteiger partial charge in [0.25, 0.3) is 11.3 Å². The maximum absolute atomic E-state index is 12.1. The summed E-state index contributed by atoms with van der Waals surface area (Å²) in [7, 11) is -16.8. The molecule has 1 aromatic rings. The Hall–Kier alpha value is -1.50. The third kappa shape index (κ3) is 6.05. The summed E-state index contributed by atoms with van der Waals surface area (Å²) in [4.78, 5) is 60.7. The monoisotopic (exact) mass is 507 g/mol. The molecule has 0 saturated carbocycles. The van der Waals surface area contributed by atoms with Crippen molar-refractivity contribution < 1.29 is 56.3 Å². The van der Waals surface area contributed by atoms with Crippen LogP contribution in [0.1, 0.15) is 13.3 Å². The number of phosphoric ester groups is 1. The van der Waals surface area contributed by atoms with E-state index >= 15 is 0 Å². The zero-order valence-corrected chi connectivity index (χ0v) is 18.0. The van der Waals surface area contributed by atoms with Crippen LogP contribution in [0.3, 0.4) is 0 Å². The van der Waals surface area contributed by atoms with Crippen LogP contribution in [0.4, 0.5) is 0 Å². The molecule has 6 N–H and O–H groups in total. The van der Waals surface area contributed by atoms with Gasteiger partial charge in [0.15, 0.2) is 0 Å². The highest BCUT2D eigenvalue weighted by Crippen LogP contribution is 2.66. The number of nitrogens with one attached hydrogen (secondary N) is 1. The Morgan fingerprint density at radius 3 is 2.39 bits per heavy atom. The van der Waals surface area contributed by atoms with E-state index < -0.39 is 65.2 Å². The number of rotatable bonds is 8. The SMILES string of the molecule is C[C@@]1(O)C[C@@H](COP(=O)(O)OP(=O)(O)OP(=O)(O)O)O[C@@]1(C#N)n1ccc(=O)[nH]c1=O. The first-order chi connectivity index (χ1) is 13.9. The number of hydrogen-bond donors (Lipinski definition) is 6. The van der Waals surface area contributed by atoms with Crippen molar-refractivity contribution in [3.63, 3.8) is 0 Å². The topological polar surface area (TPSA) is 268 Å². The van der Waals surface area contributed by atoms with Crippen LogP contribution in [0.25, 0.3) is 0 Å². The second kappa shape index (κ2) is 8.45. The molecule has 0 spiro atoms. The van der Waals surface area contributed by atoms with Gasteiger partial charge in [-0.3, -0.25) is 18.9 Å². The van der Waals surface area contributed by atoms with Crippen LogP contribution in [0, 0.1) is 11.3 Å². The van der Waals surface area contributed by atoms with Gasteiger partial charge in [-0.1, -0.05) is 0 Å². The van der Waals surface area contributed by atoms with Crippen LogP contribution < -0.4 is 11.2 Å². The van der Waals surface area contributed by atoms with Gasteiger partial charge in [0.1, 0.15) is 11.7 Å². The molecule has 0 amide bonds. The van der Waals surface area contributed by atoms with Crippen LogP contribution in [0.15, 0.2) is 21.9 Å². The zero-order valence-electron chi connectivity index (χ0n) is 15.3. The highest BCUT2D eigenvalue weighted by atomic mass is 31.3. The summed E-state index contributed by atoms with van der Waals surface area (Å²) in [6.07, 6.45) is -0.968. The predicted molar refractivity (Wildman–Crippen MR) is 94.8 cm³/mol. The molecular weight excluding hydrogens is 491 g/mol. The van der Waals surface area contributed by atoms with Gasteiger partial charge in [-0.25, -0.2) is 18.5 Å². The Kier molecular flexibility index (Phi) is 7.02. The average Bonchev–Trinajstić information content (AvgIpc) is 2.80. The minimum absolute atomic E-state index is 0.470. The van der Waals surface area contributed by atoms with Gasteiger partial charge in [0.05, 0.1) is 12.7 Å². The molecule has 31 heavy (non-hydrogen) atoms. The van der Waals surface area contributed by atoms with E-state index in [0.717, 1.165) is 19.2 Å². The van der Waals surface area contributed by atoms with E-state index in [1.807, 2.05) is 4.98 Å². The first-order valence-corrected chi connectivity index (χ1v) is 12.4. The minimum atomic E-state index is -5.74. The van der Waals surface area contributed by atoms with Crippen LogP contribution in [0.2, 0.25) is 0 Å². The zero-order chi connectivity index (χ0) is 23.9. The number of hydrogen-bond acceptors (Lipinski definition) is 11. The molecule has 1 aromatic heterocycles. The van der Waals surface area contributed by atoms with Crippen molar-refractivity contribution in [3.05, 3.63) is 33.1 Å². The number of nitriles is 1. The summed E-state index contributed by atoms with van der Waals surface area (Å²) in [5.41, 5.74) is -6.41. The van der Waals surface area contributed by atoms with E-state index in [9.17, 15) is 38.5 Å². The number of H-pyrrole nitrogens is 1. The Labute approximate surface area is 171 Å². The molecule has 17 nitrogen and oxygen atoms in total. The molecule has 2 rings (SSSR count). The maximum atomic E-state index is 12.1. The largest absolute Gasteiger partial charge is 0.490 e. The summed E-state index contributed by atoms with van der Waals surface area (Å²) >= 11 is 0. The molecule has 5 atom stereocenters. The lowest BCUT2D eigenvalue weighted by Gasteiger charge is -2.33. The van der Waals surface area contributed by atoms with E-state index in [1.54, 1.807) is 6.07 Å². The Balaban J connectivity index is 2.20. The van der Waals surface area contributed by atoms with Crippen LogP contribution in [-0.4, -0.2) is 52.5 Å². The molecule has 0 aromatic carbocycles. The number of phosphoric acid groups is 3. The molecule has 1 fully saturated rings. The van der Waals surface area contributed by atoms with Crippen LogP contribution >= 0.6 is 23.5 Å². The van der Waals surface area contributed by atoms with Crippen molar-refractivity contribution in [2.75, 3.05) is 6.61 Å². The maximum Gasteiger partial charge on any atom is 0.490 e. The highest BCUT2D eigenvalue weighted by molar-refractivity contribution is 7.66. The fourth-order valence-corrected chi connectivity index (χ4v) is 5.80. The van der Waals surface area contributed by atoms with Crippen molar-refractivity contribution in [1.82, 2.24) is 9.55 Å². The van der Waals surface area contributed by atoms with E-state index in [0.29, 0.717) is 4.57 Å². The molecule has 1 aliphatic rings. The second-order valence-corrected chi connectivity index (χ2v) is 10.8. The van der Waals surface area contributed by atoms with Gasteiger partial charge in [-0.05, 0) is 6.92 Å². The summed E-state index contributed by atoms with van der Waals surface area (Å²) in [5, 5.41) is 20.2. The quantitative estimate of drug-likeness (QED) is 0.221. The van der Waals surface area contributed by atoms with Crippen molar-refractivity contribution in [2.45, 2.75) is 30.8 Å². The average molecular weight is 507 g/mol. The summed E-state index contributed by atoms with van der Waals surface area (Å²) in [5.74, 6) is 0. The second-order valence-electron chi connectivity index (χ2n) is 6.34. The molecule has 20 heteroatoms. The van der Waals surface area contributed by atoms with Crippen molar-refractivity contribution >= 4 is 23.5 Å². The van der Waals surface area contributed by atoms with Gasteiger partial charge in [-0.15, -0.1) is 0 Å². The number of ether oxygens (including phenoxy) is 1. The molecule has 1 saturated heterocycles. The molecule has 0 radical (unpaired) electrons. The lowest BCUT2D eigenvalue weighted by atomic mass is 9.91. The van der Waals surface area contributed by atoms with E-state index in [-0.39, 0.29) is 0 Å². The van der Waals surface area contributed by atoms with Gasteiger partial charge in [-0.2, -0.15) is 13.9 Å². The third-order valence-electron chi connectivity index (χ3n) is 3.85. The van der Waals surface area contributed by atoms with Gasteiger partial charge >= 0.3 is 29.2 Å². The van der Waals surface area contributed by atoms with Gasteiger partial charge in [0, 0.05) is 18.7 Å². The van der Waals surface area contributed by atoms with Crippen LogP contribution in [0.5, 0.6) is 0 Å².